The highest BCUT2D eigenvalue weighted by atomic mass is 16.4. The van der Waals surface area contributed by atoms with E-state index in [1.165, 1.54) is 6.07 Å². The number of fused-ring (bicyclic) bond motifs is 1. The van der Waals surface area contributed by atoms with Crippen LogP contribution in [0.15, 0.2) is 30.3 Å². The van der Waals surface area contributed by atoms with E-state index in [2.05, 4.69) is 10.3 Å². The number of pyridine rings is 1. The standard InChI is InChI=1S/C15H15N3O3/c1-18-7-6-11(14(18)19)16-13-10-5-3-2-4-9(10)8-12(17-13)15(20)21/h2-5,8,11H,6-7H2,1H3,(H,16,17)(H,20,21). The predicted octanol–water partition coefficient (Wildman–Crippen LogP) is 1.58. The number of carbonyl (C=O) groups is 2. The molecule has 6 nitrogen and oxygen atoms in total. The van der Waals surface area contributed by atoms with Crippen molar-refractivity contribution in [2.24, 2.45) is 0 Å². The maximum Gasteiger partial charge on any atom is 0.354 e. The molecular weight excluding hydrogens is 270 g/mol. The van der Waals surface area contributed by atoms with Crippen LogP contribution in [0, 0.1) is 0 Å². The number of hydrogen-bond acceptors (Lipinski definition) is 4. The minimum Gasteiger partial charge on any atom is -0.477 e. The van der Waals surface area contributed by atoms with Crippen LogP contribution < -0.4 is 5.32 Å². The summed E-state index contributed by atoms with van der Waals surface area (Å²) in [5, 5.41) is 13.8. The van der Waals surface area contributed by atoms with E-state index in [1.807, 2.05) is 24.3 Å². The van der Waals surface area contributed by atoms with Gasteiger partial charge in [0.15, 0.2) is 5.69 Å². The van der Waals surface area contributed by atoms with E-state index in [0.29, 0.717) is 18.8 Å². The quantitative estimate of drug-likeness (QED) is 0.894. The van der Waals surface area contributed by atoms with Gasteiger partial charge < -0.3 is 15.3 Å². The first-order valence-corrected chi connectivity index (χ1v) is 6.71. The number of aromatic nitrogens is 1. The Bertz CT molecular complexity index is 729. The van der Waals surface area contributed by atoms with Gasteiger partial charge >= 0.3 is 5.97 Å². The first-order chi connectivity index (χ1) is 10.1. The predicted molar refractivity (Wildman–Crippen MR) is 78.4 cm³/mol. The average Bonchev–Trinajstić information content (AvgIpc) is 2.79. The molecule has 0 saturated carbocycles. The van der Waals surface area contributed by atoms with E-state index >= 15 is 0 Å². The van der Waals surface area contributed by atoms with Gasteiger partial charge in [-0.25, -0.2) is 9.78 Å². The number of hydrogen-bond donors (Lipinski definition) is 2. The first kappa shape index (κ1) is 13.4. The Balaban J connectivity index is 2.04. The van der Waals surface area contributed by atoms with Crippen LogP contribution in [0.2, 0.25) is 0 Å². The van der Waals surface area contributed by atoms with Crippen molar-refractivity contribution in [2.75, 3.05) is 18.9 Å². The Morgan fingerprint density at radius 2 is 2.19 bits per heavy atom. The molecule has 2 heterocycles. The highest BCUT2D eigenvalue weighted by Crippen LogP contribution is 2.25. The molecule has 1 atom stereocenters. The van der Waals surface area contributed by atoms with Gasteiger partial charge in [-0.2, -0.15) is 0 Å². The first-order valence-electron chi connectivity index (χ1n) is 6.71. The molecule has 0 aliphatic carbocycles. The minimum absolute atomic E-state index is 0.00149. The topological polar surface area (TPSA) is 82.5 Å². The number of nitrogens with one attached hydrogen (secondary N) is 1. The molecule has 3 rings (SSSR count). The molecule has 0 bridgehead atoms. The van der Waals surface area contributed by atoms with E-state index < -0.39 is 5.97 Å². The fourth-order valence-electron chi connectivity index (χ4n) is 2.54. The van der Waals surface area contributed by atoms with Gasteiger partial charge in [0.05, 0.1) is 0 Å². The molecule has 1 unspecified atom stereocenters. The third-order valence-corrected chi connectivity index (χ3v) is 3.70. The molecular formula is C15H15N3O3. The van der Waals surface area contributed by atoms with Crippen molar-refractivity contribution in [1.29, 1.82) is 0 Å². The fraction of sp³-hybridized carbons (Fsp3) is 0.267. The largest absolute Gasteiger partial charge is 0.477 e. The minimum atomic E-state index is -1.08. The third kappa shape index (κ3) is 2.40. The monoisotopic (exact) mass is 285 g/mol. The number of carboxylic acid groups (broad SMARTS) is 1. The SMILES string of the molecule is CN1CCC(Nc2nc(C(=O)O)cc3ccccc23)C1=O. The lowest BCUT2D eigenvalue weighted by Gasteiger charge is -2.15. The number of likely N-dealkylation sites (N-methyl/N-ethyl adjacent to an activating group) is 1. The van der Waals surface area contributed by atoms with Gasteiger partial charge in [-0.05, 0) is 17.9 Å². The molecule has 1 fully saturated rings. The number of anilines is 1. The van der Waals surface area contributed by atoms with E-state index in [4.69, 9.17) is 5.11 Å². The molecule has 21 heavy (non-hydrogen) atoms. The van der Waals surface area contributed by atoms with Gasteiger partial charge in [0.25, 0.3) is 0 Å². The zero-order chi connectivity index (χ0) is 15.0. The van der Waals surface area contributed by atoms with Gasteiger partial charge in [0.1, 0.15) is 11.9 Å². The second kappa shape index (κ2) is 5.05. The van der Waals surface area contributed by atoms with E-state index in [1.54, 1.807) is 11.9 Å². The fourth-order valence-corrected chi connectivity index (χ4v) is 2.54. The summed E-state index contributed by atoms with van der Waals surface area (Å²) in [5.41, 5.74) is -0.0324. The summed E-state index contributed by atoms with van der Waals surface area (Å²) in [6.45, 7) is 0.688. The summed E-state index contributed by atoms with van der Waals surface area (Å²) < 4.78 is 0. The van der Waals surface area contributed by atoms with Crippen LogP contribution >= 0.6 is 0 Å². The van der Waals surface area contributed by atoms with Crippen LogP contribution in [0.25, 0.3) is 10.8 Å². The Morgan fingerprint density at radius 3 is 2.86 bits per heavy atom. The summed E-state index contributed by atoms with van der Waals surface area (Å²) in [6, 6.07) is 8.57. The summed E-state index contributed by atoms with van der Waals surface area (Å²) >= 11 is 0. The lowest BCUT2D eigenvalue weighted by atomic mass is 10.1. The molecule has 0 spiro atoms. The maximum atomic E-state index is 12.0. The normalized spacial score (nSPS) is 18.2. The van der Waals surface area contributed by atoms with Crippen LogP contribution in [0.3, 0.4) is 0 Å². The second-order valence-corrected chi connectivity index (χ2v) is 5.13. The molecule has 1 aliphatic heterocycles. The van der Waals surface area contributed by atoms with Crippen molar-refractivity contribution in [1.82, 2.24) is 9.88 Å². The van der Waals surface area contributed by atoms with Crippen LogP contribution in [0.5, 0.6) is 0 Å². The van der Waals surface area contributed by atoms with Gasteiger partial charge in [-0.1, -0.05) is 24.3 Å². The Morgan fingerprint density at radius 1 is 1.43 bits per heavy atom. The zero-order valence-corrected chi connectivity index (χ0v) is 11.5. The van der Waals surface area contributed by atoms with Gasteiger partial charge in [0.2, 0.25) is 5.91 Å². The third-order valence-electron chi connectivity index (χ3n) is 3.70. The molecule has 108 valence electrons. The van der Waals surface area contributed by atoms with E-state index in [9.17, 15) is 9.59 Å². The summed E-state index contributed by atoms with van der Waals surface area (Å²) in [5.74, 6) is -0.639. The number of carbonyl (C=O) groups excluding carboxylic acids is 1. The smallest absolute Gasteiger partial charge is 0.354 e. The number of rotatable bonds is 3. The van der Waals surface area contributed by atoms with Crippen LogP contribution in [-0.4, -0.2) is 46.5 Å². The lowest BCUT2D eigenvalue weighted by Crippen LogP contribution is -2.31. The maximum absolute atomic E-state index is 12.0. The van der Waals surface area contributed by atoms with Crippen molar-refractivity contribution in [2.45, 2.75) is 12.5 Å². The number of aromatic carboxylic acids is 1. The highest BCUT2D eigenvalue weighted by molar-refractivity contribution is 5.99. The molecule has 2 N–H and O–H groups in total. The van der Waals surface area contributed by atoms with Crippen LogP contribution in [0.4, 0.5) is 5.82 Å². The lowest BCUT2D eigenvalue weighted by molar-refractivity contribution is -0.127. The van der Waals surface area contributed by atoms with Gasteiger partial charge in [0, 0.05) is 19.0 Å². The average molecular weight is 285 g/mol. The van der Waals surface area contributed by atoms with Crippen molar-refractivity contribution in [3.05, 3.63) is 36.0 Å². The van der Waals surface area contributed by atoms with Gasteiger partial charge in [-0.15, -0.1) is 0 Å². The molecule has 1 saturated heterocycles. The molecule has 2 aromatic rings. The van der Waals surface area contributed by atoms with Gasteiger partial charge in [-0.3, -0.25) is 4.79 Å². The number of carboxylic acids is 1. The second-order valence-electron chi connectivity index (χ2n) is 5.13. The Kier molecular flexibility index (Phi) is 3.21. The molecule has 1 aliphatic rings. The summed E-state index contributed by atoms with van der Waals surface area (Å²) in [7, 11) is 1.75. The number of likely N-dealkylation sites (tertiary alicyclic amines) is 1. The molecule has 1 aromatic heterocycles. The van der Waals surface area contributed by atoms with Crippen molar-refractivity contribution in [3.63, 3.8) is 0 Å². The number of amides is 1. The number of nitrogens with zero attached hydrogens (tertiary/aromatic N) is 2. The zero-order valence-electron chi connectivity index (χ0n) is 11.5. The van der Waals surface area contributed by atoms with Crippen LogP contribution in [-0.2, 0) is 4.79 Å². The summed E-state index contributed by atoms with van der Waals surface area (Å²) in [4.78, 5) is 29.0. The van der Waals surface area contributed by atoms with E-state index in [-0.39, 0.29) is 17.6 Å². The van der Waals surface area contributed by atoms with Crippen molar-refractivity contribution >= 4 is 28.5 Å². The Hall–Kier alpha value is -2.63. The molecule has 0 radical (unpaired) electrons. The van der Waals surface area contributed by atoms with E-state index in [0.717, 1.165) is 10.8 Å². The summed E-state index contributed by atoms with van der Waals surface area (Å²) in [6.07, 6.45) is 0.683. The molecule has 6 heteroatoms. The number of benzene rings is 1. The van der Waals surface area contributed by atoms with Crippen LogP contribution in [0.1, 0.15) is 16.9 Å². The van der Waals surface area contributed by atoms with Crippen molar-refractivity contribution < 1.29 is 14.7 Å². The molecule has 1 amide bonds. The van der Waals surface area contributed by atoms with Crippen molar-refractivity contribution in [3.8, 4) is 0 Å². The Labute approximate surface area is 121 Å². The highest BCUT2D eigenvalue weighted by Gasteiger charge is 2.29. The molecule has 1 aromatic carbocycles.